The maximum atomic E-state index is 13.2. The number of halogens is 2. The van der Waals surface area contributed by atoms with Crippen molar-refractivity contribution in [2.75, 3.05) is 9.44 Å². The first-order valence-electron chi connectivity index (χ1n) is 14.9. The van der Waals surface area contributed by atoms with Crippen LogP contribution in [0.15, 0.2) is 91.2 Å². The Morgan fingerprint density at radius 3 is 1.41 bits per heavy atom. The number of ether oxygens (including phenoxy) is 1. The molecule has 0 aliphatic rings. The van der Waals surface area contributed by atoms with Crippen molar-refractivity contribution < 1.29 is 30.4 Å². The molecule has 17 heteroatoms. The largest absolute Gasteiger partial charge is 0.455 e. The van der Waals surface area contributed by atoms with Gasteiger partial charge in [-0.15, -0.1) is 0 Å². The molecule has 0 amide bonds. The number of anilines is 2. The smallest absolute Gasteiger partial charge is 0.340 e. The van der Waals surface area contributed by atoms with Crippen LogP contribution in [0.3, 0.4) is 0 Å². The highest BCUT2D eigenvalue weighted by atomic mass is 127. The molecular formula is C34H28I2N4O9S2. The van der Waals surface area contributed by atoms with Crippen molar-refractivity contribution in [3.05, 3.63) is 134 Å². The van der Waals surface area contributed by atoms with E-state index in [2.05, 4.69) is 54.6 Å². The fourth-order valence-corrected chi connectivity index (χ4v) is 7.75. The SMILES string of the molecule is Cc1c(Cc2cccc(NS(N)(=O)=O)c2)c(=O)oc2cc(Oc3cc4oc(=O)c(Cc5cccc(NS(N)(=O)=O)c5)c(C)c4cc3I)c(I)cc12. The molecule has 13 nitrogen and oxygen atoms in total. The molecule has 4 aromatic carbocycles. The van der Waals surface area contributed by atoms with E-state index < -0.39 is 31.7 Å². The minimum absolute atomic E-state index is 0.197. The van der Waals surface area contributed by atoms with E-state index in [0.29, 0.717) is 66.8 Å². The van der Waals surface area contributed by atoms with Crippen LogP contribution in [-0.2, 0) is 33.3 Å². The van der Waals surface area contributed by atoms with Crippen LogP contribution in [-0.4, -0.2) is 16.8 Å². The van der Waals surface area contributed by atoms with Crippen LogP contribution in [0.1, 0.15) is 33.4 Å². The van der Waals surface area contributed by atoms with Crippen molar-refractivity contribution >= 4 is 98.9 Å². The lowest BCUT2D eigenvalue weighted by Crippen LogP contribution is -2.21. The zero-order valence-electron chi connectivity index (χ0n) is 26.7. The lowest BCUT2D eigenvalue weighted by molar-refractivity contribution is 0.471. The van der Waals surface area contributed by atoms with Gasteiger partial charge in [0.1, 0.15) is 22.7 Å². The minimum Gasteiger partial charge on any atom is -0.455 e. The molecule has 0 unspecified atom stereocenters. The van der Waals surface area contributed by atoms with Gasteiger partial charge in [0.05, 0.1) is 18.5 Å². The summed E-state index contributed by atoms with van der Waals surface area (Å²) < 4.78 is 69.6. The zero-order valence-corrected chi connectivity index (χ0v) is 32.7. The van der Waals surface area contributed by atoms with E-state index in [9.17, 15) is 26.4 Å². The van der Waals surface area contributed by atoms with Crippen molar-refractivity contribution in [1.29, 1.82) is 0 Å². The van der Waals surface area contributed by atoms with Gasteiger partial charge >= 0.3 is 11.3 Å². The predicted molar refractivity (Wildman–Crippen MR) is 212 cm³/mol. The number of hydrogen-bond donors (Lipinski definition) is 4. The fraction of sp³-hybridized carbons (Fsp3) is 0.118. The summed E-state index contributed by atoms with van der Waals surface area (Å²) >= 11 is 4.27. The highest BCUT2D eigenvalue weighted by molar-refractivity contribution is 14.1. The quantitative estimate of drug-likeness (QED) is 0.0945. The Kier molecular flexibility index (Phi) is 10.2. The van der Waals surface area contributed by atoms with E-state index >= 15 is 0 Å². The number of fused-ring (bicyclic) bond motifs is 2. The Balaban J connectivity index is 1.29. The van der Waals surface area contributed by atoms with Gasteiger partial charge in [0.2, 0.25) is 0 Å². The second-order valence-corrected chi connectivity index (χ2v) is 16.6. The van der Waals surface area contributed by atoms with Crippen molar-refractivity contribution in [2.24, 2.45) is 10.3 Å². The summed E-state index contributed by atoms with van der Waals surface area (Å²) in [7, 11) is -7.92. The van der Waals surface area contributed by atoms with Crippen LogP contribution in [0, 0.1) is 21.0 Å². The number of aryl methyl sites for hydroxylation is 2. The van der Waals surface area contributed by atoms with Gasteiger partial charge in [-0.3, -0.25) is 9.44 Å². The molecule has 0 aliphatic heterocycles. The molecule has 51 heavy (non-hydrogen) atoms. The average molecular weight is 955 g/mol. The van der Waals surface area contributed by atoms with Crippen molar-refractivity contribution in [2.45, 2.75) is 26.7 Å². The monoisotopic (exact) mass is 954 g/mol. The zero-order chi connectivity index (χ0) is 36.8. The fourth-order valence-electron chi connectivity index (χ4n) is 5.69. The van der Waals surface area contributed by atoms with Gasteiger partial charge in [0.15, 0.2) is 0 Å². The summed E-state index contributed by atoms with van der Waals surface area (Å²) in [5.41, 5.74) is 3.69. The summed E-state index contributed by atoms with van der Waals surface area (Å²) in [5, 5.41) is 11.6. The van der Waals surface area contributed by atoms with Gasteiger partial charge in [-0.1, -0.05) is 24.3 Å². The summed E-state index contributed by atoms with van der Waals surface area (Å²) in [6.07, 6.45) is 0.395. The van der Waals surface area contributed by atoms with Gasteiger partial charge in [-0.2, -0.15) is 16.8 Å². The Labute approximate surface area is 319 Å². The molecule has 0 aliphatic carbocycles. The van der Waals surface area contributed by atoms with Crippen LogP contribution in [0.5, 0.6) is 11.5 Å². The number of nitrogens with two attached hydrogens (primary N) is 2. The predicted octanol–water partition coefficient (Wildman–Crippen LogP) is 5.93. The molecule has 0 saturated heterocycles. The van der Waals surface area contributed by atoms with E-state index in [1.165, 1.54) is 0 Å². The third kappa shape index (κ3) is 8.55. The molecule has 0 radical (unpaired) electrons. The van der Waals surface area contributed by atoms with E-state index in [-0.39, 0.29) is 24.2 Å². The lowest BCUT2D eigenvalue weighted by atomic mass is 9.99. The highest BCUT2D eigenvalue weighted by Gasteiger charge is 2.19. The molecular weight excluding hydrogens is 926 g/mol. The number of nitrogens with one attached hydrogen (secondary N) is 2. The average Bonchev–Trinajstić information content (AvgIpc) is 3.02. The lowest BCUT2D eigenvalue weighted by Gasteiger charge is -2.14. The Hall–Kier alpha value is -4.02. The summed E-state index contributed by atoms with van der Waals surface area (Å²) in [6, 6.07) is 20.1. The van der Waals surface area contributed by atoms with E-state index in [0.717, 1.165) is 7.14 Å². The molecule has 2 aromatic heterocycles. The Morgan fingerprint density at radius 2 is 1.04 bits per heavy atom. The molecule has 6 N–H and O–H groups in total. The molecule has 6 rings (SSSR count). The first-order valence-corrected chi connectivity index (χ1v) is 20.2. The van der Waals surface area contributed by atoms with Crippen LogP contribution in [0.25, 0.3) is 21.9 Å². The molecule has 0 atom stereocenters. The van der Waals surface area contributed by atoms with Gasteiger partial charge < -0.3 is 13.6 Å². The maximum Gasteiger partial charge on any atom is 0.340 e. The molecule has 0 fully saturated rings. The normalized spacial score (nSPS) is 12.0. The second kappa shape index (κ2) is 14.2. The minimum atomic E-state index is -3.96. The maximum absolute atomic E-state index is 13.2. The van der Waals surface area contributed by atoms with Gasteiger partial charge in [0, 0.05) is 46.9 Å². The summed E-state index contributed by atoms with van der Waals surface area (Å²) in [4.78, 5) is 26.4. The second-order valence-electron chi connectivity index (χ2n) is 11.7. The molecule has 6 aromatic rings. The molecule has 264 valence electrons. The number of hydrogen-bond acceptors (Lipinski definition) is 9. The first kappa shape index (κ1) is 36.8. The van der Waals surface area contributed by atoms with Crippen molar-refractivity contribution in [3.63, 3.8) is 0 Å². The standard InChI is InChI=1S/C34H28I2N4O9S2/c1-17-23-13-27(35)31(15-29(23)48-33(41)25(17)11-19-5-3-7-21(9-19)39-50(37,43)44)47-32-16-30-24(14-28(32)36)18(2)26(34(42)49-30)12-20-6-4-8-22(10-20)40-51(38,45)46/h3-10,13-16,39-40H,11-12H2,1-2H3,(H2,37,43,44)(H2,38,45,46). The molecule has 0 saturated carbocycles. The molecule has 0 spiro atoms. The third-order valence-electron chi connectivity index (χ3n) is 8.04. The Morgan fingerprint density at radius 1 is 0.647 bits per heavy atom. The third-order valence-corrected chi connectivity index (χ3v) is 10.8. The van der Waals surface area contributed by atoms with Crippen LogP contribution in [0.4, 0.5) is 11.4 Å². The topological polar surface area (TPSA) is 214 Å². The first-order chi connectivity index (χ1) is 23.9. The van der Waals surface area contributed by atoms with Gasteiger partial charge in [-0.05, 0) is 118 Å². The van der Waals surface area contributed by atoms with E-state index in [1.54, 1.807) is 60.7 Å². The number of rotatable bonds is 10. The Bertz CT molecular complexity index is 2550. The summed E-state index contributed by atoms with van der Waals surface area (Å²) in [6.45, 7) is 3.64. The highest BCUT2D eigenvalue weighted by Crippen LogP contribution is 2.37. The van der Waals surface area contributed by atoms with Crippen LogP contribution in [0.2, 0.25) is 0 Å². The van der Waals surface area contributed by atoms with Crippen molar-refractivity contribution in [3.8, 4) is 11.5 Å². The van der Waals surface area contributed by atoms with Crippen LogP contribution < -0.4 is 35.7 Å². The van der Waals surface area contributed by atoms with E-state index in [1.807, 2.05) is 26.0 Å². The van der Waals surface area contributed by atoms with Gasteiger partial charge in [0.25, 0.3) is 20.4 Å². The molecule has 2 heterocycles. The number of benzene rings is 4. The van der Waals surface area contributed by atoms with E-state index in [4.69, 9.17) is 23.8 Å². The van der Waals surface area contributed by atoms with Crippen molar-refractivity contribution in [1.82, 2.24) is 0 Å². The molecule has 0 bridgehead atoms. The van der Waals surface area contributed by atoms with Crippen LogP contribution >= 0.6 is 45.2 Å². The summed E-state index contributed by atoms with van der Waals surface area (Å²) in [5.74, 6) is 0.835. The van der Waals surface area contributed by atoms with Gasteiger partial charge in [-0.25, -0.2) is 19.9 Å².